The van der Waals surface area contributed by atoms with Gasteiger partial charge < -0.3 is 26.2 Å². The van der Waals surface area contributed by atoms with Gasteiger partial charge in [-0.15, -0.1) is 12.4 Å². The summed E-state index contributed by atoms with van der Waals surface area (Å²) < 4.78 is 7.05. The van der Waals surface area contributed by atoms with Gasteiger partial charge in [0, 0.05) is 26.3 Å². The molecular weight excluding hydrogens is 348 g/mol. The number of nitrogen functional groups attached to an aromatic ring is 1. The zero-order valence-electron chi connectivity index (χ0n) is 14.4. The molecule has 0 unspecified atom stereocenters. The van der Waals surface area contributed by atoms with Gasteiger partial charge in [0.1, 0.15) is 5.52 Å². The van der Waals surface area contributed by atoms with Gasteiger partial charge in [0.2, 0.25) is 5.95 Å². The quantitative estimate of drug-likeness (QED) is 0.642. The molecule has 2 aromatic rings. The second-order valence-corrected chi connectivity index (χ2v) is 6.01. The molecule has 9 nitrogen and oxygen atoms in total. The summed E-state index contributed by atoms with van der Waals surface area (Å²) in [6.45, 7) is 5.05. The number of ether oxygens (including phenoxy) is 1. The minimum Gasteiger partial charge on any atom is -0.412 e. The molecule has 25 heavy (non-hydrogen) atoms. The smallest absolute Gasteiger partial charge is 0.327 e. The summed E-state index contributed by atoms with van der Waals surface area (Å²) in [5.74, 6) is 1.20. The molecule has 0 bridgehead atoms. The number of aromatic amines is 1. The van der Waals surface area contributed by atoms with Crippen LogP contribution in [0.15, 0.2) is 4.79 Å². The first-order chi connectivity index (χ1) is 11.2. The molecule has 0 amide bonds. The molecule has 1 fully saturated rings. The van der Waals surface area contributed by atoms with E-state index in [9.17, 15) is 4.79 Å². The van der Waals surface area contributed by atoms with Gasteiger partial charge >= 0.3 is 5.69 Å². The standard InChI is InChI=1S/C15H24N6O2.ClH.H2O/c1-2-3-6-17-14-19-12(16)11-13(20-14)21(15(22)18-11)9-10-4-7-23-8-5-10;;/h10H,2-9H2,1H3,(H,18,22)(H3,16,17,19,20);1H;1H2. The molecule has 0 spiro atoms. The van der Waals surface area contributed by atoms with E-state index >= 15 is 0 Å². The van der Waals surface area contributed by atoms with Gasteiger partial charge in [-0.1, -0.05) is 13.3 Å². The zero-order chi connectivity index (χ0) is 16.2. The highest BCUT2D eigenvalue weighted by Gasteiger charge is 2.19. The minimum atomic E-state index is -0.182. The van der Waals surface area contributed by atoms with Crippen LogP contribution in [-0.4, -0.2) is 44.8 Å². The van der Waals surface area contributed by atoms with Crippen LogP contribution in [0.3, 0.4) is 0 Å². The van der Waals surface area contributed by atoms with Crippen molar-refractivity contribution in [2.24, 2.45) is 5.92 Å². The molecule has 0 saturated carbocycles. The topological polar surface area (TPSA) is 142 Å². The first kappa shape index (κ1) is 21.2. The summed E-state index contributed by atoms with van der Waals surface area (Å²) in [7, 11) is 0. The molecule has 1 saturated heterocycles. The van der Waals surface area contributed by atoms with Crippen LogP contribution in [0.1, 0.15) is 32.6 Å². The molecule has 0 aromatic carbocycles. The molecular formula is C15H27ClN6O3. The van der Waals surface area contributed by atoms with Gasteiger partial charge in [0.05, 0.1) is 0 Å². The van der Waals surface area contributed by atoms with Crippen LogP contribution in [0, 0.1) is 5.92 Å². The summed E-state index contributed by atoms with van der Waals surface area (Å²) in [5.41, 5.74) is 6.89. The normalized spacial score (nSPS) is 14.8. The third-order valence-corrected chi connectivity index (χ3v) is 4.25. The third-order valence-electron chi connectivity index (χ3n) is 4.25. The molecule has 1 aliphatic heterocycles. The van der Waals surface area contributed by atoms with Gasteiger partial charge in [-0.05, 0) is 25.2 Å². The van der Waals surface area contributed by atoms with Crippen LogP contribution in [0.2, 0.25) is 0 Å². The maximum Gasteiger partial charge on any atom is 0.327 e. The van der Waals surface area contributed by atoms with Crippen molar-refractivity contribution < 1.29 is 10.2 Å². The SMILES string of the molecule is CCCCNc1nc(N)c2[nH]c(=O)n(CC3CCOCC3)c2n1.Cl.O. The second kappa shape index (κ2) is 9.59. The van der Waals surface area contributed by atoms with Crippen LogP contribution in [-0.2, 0) is 11.3 Å². The molecule has 6 N–H and O–H groups in total. The van der Waals surface area contributed by atoms with E-state index in [2.05, 4.69) is 27.2 Å². The molecule has 10 heteroatoms. The number of fused-ring (bicyclic) bond motifs is 1. The zero-order valence-corrected chi connectivity index (χ0v) is 15.2. The number of imidazole rings is 1. The number of nitrogens with one attached hydrogen (secondary N) is 2. The van der Waals surface area contributed by atoms with Crippen LogP contribution < -0.4 is 16.7 Å². The fourth-order valence-electron chi connectivity index (χ4n) is 2.86. The Morgan fingerprint density at radius 1 is 1.36 bits per heavy atom. The first-order valence-electron chi connectivity index (χ1n) is 8.26. The highest BCUT2D eigenvalue weighted by molar-refractivity contribution is 5.85. The van der Waals surface area contributed by atoms with Crippen molar-refractivity contribution in [3.63, 3.8) is 0 Å². The average molecular weight is 375 g/mol. The van der Waals surface area contributed by atoms with E-state index in [4.69, 9.17) is 10.5 Å². The van der Waals surface area contributed by atoms with E-state index in [1.807, 2.05) is 0 Å². The van der Waals surface area contributed by atoms with Crippen LogP contribution >= 0.6 is 12.4 Å². The Hall–Kier alpha value is -1.84. The lowest BCUT2D eigenvalue weighted by Gasteiger charge is -2.22. The summed E-state index contributed by atoms with van der Waals surface area (Å²) in [6.07, 6.45) is 4.04. The summed E-state index contributed by atoms with van der Waals surface area (Å²) >= 11 is 0. The number of rotatable bonds is 6. The Balaban J connectivity index is 0.00000156. The number of hydrogen-bond acceptors (Lipinski definition) is 6. The third kappa shape index (κ3) is 4.83. The monoisotopic (exact) mass is 374 g/mol. The Morgan fingerprint density at radius 2 is 2.08 bits per heavy atom. The number of nitrogens with zero attached hydrogens (tertiary/aromatic N) is 3. The lowest BCUT2D eigenvalue weighted by atomic mass is 10.0. The molecule has 142 valence electrons. The molecule has 2 aromatic heterocycles. The van der Waals surface area contributed by atoms with Crippen molar-refractivity contribution in [3.8, 4) is 0 Å². The van der Waals surface area contributed by atoms with E-state index < -0.39 is 0 Å². The van der Waals surface area contributed by atoms with E-state index in [-0.39, 0.29) is 23.6 Å². The van der Waals surface area contributed by atoms with Gasteiger partial charge in [-0.3, -0.25) is 4.57 Å². The van der Waals surface area contributed by atoms with Crippen molar-refractivity contribution in [2.45, 2.75) is 39.2 Å². The van der Waals surface area contributed by atoms with Gasteiger partial charge in [0.15, 0.2) is 11.5 Å². The van der Waals surface area contributed by atoms with Crippen molar-refractivity contribution in [1.29, 1.82) is 0 Å². The maximum atomic E-state index is 12.3. The van der Waals surface area contributed by atoms with E-state index in [1.54, 1.807) is 4.57 Å². The Bertz CT molecular complexity index is 726. The summed E-state index contributed by atoms with van der Waals surface area (Å²) in [6, 6.07) is 0. The lowest BCUT2D eigenvalue weighted by molar-refractivity contribution is 0.0613. The highest BCUT2D eigenvalue weighted by Crippen LogP contribution is 2.21. The lowest BCUT2D eigenvalue weighted by Crippen LogP contribution is -2.26. The van der Waals surface area contributed by atoms with Crippen LogP contribution in [0.4, 0.5) is 11.8 Å². The predicted octanol–water partition coefficient (Wildman–Crippen LogP) is 0.937. The van der Waals surface area contributed by atoms with Crippen molar-refractivity contribution >= 4 is 35.3 Å². The number of halogens is 1. The molecule has 3 heterocycles. The Morgan fingerprint density at radius 3 is 2.76 bits per heavy atom. The molecule has 0 atom stereocenters. The van der Waals surface area contributed by atoms with E-state index in [0.29, 0.717) is 35.4 Å². The largest absolute Gasteiger partial charge is 0.412 e. The van der Waals surface area contributed by atoms with Crippen molar-refractivity contribution in [3.05, 3.63) is 10.5 Å². The van der Waals surface area contributed by atoms with Crippen molar-refractivity contribution in [2.75, 3.05) is 30.8 Å². The summed E-state index contributed by atoms with van der Waals surface area (Å²) in [5, 5.41) is 3.17. The number of hydrogen-bond donors (Lipinski definition) is 3. The van der Waals surface area contributed by atoms with E-state index in [1.165, 1.54) is 0 Å². The number of nitrogens with two attached hydrogens (primary N) is 1. The van der Waals surface area contributed by atoms with E-state index in [0.717, 1.165) is 45.4 Å². The highest BCUT2D eigenvalue weighted by atomic mass is 35.5. The fraction of sp³-hybridized carbons (Fsp3) is 0.667. The predicted molar refractivity (Wildman–Crippen MR) is 100 cm³/mol. The minimum absolute atomic E-state index is 0. The van der Waals surface area contributed by atoms with Crippen LogP contribution in [0.25, 0.3) is 11.2 Å². The fourth-order valence-corrected chi connectivity index (χ4v) is 2.86. The molecule has 0 aliphatic carbocycles. The maximum absolute atomic E-state index is 12.3. The molecule has 0 radical (unpaired) electrons. The summed E-state index contributed by atoms with van der Waals surface area (Å²) in [4.78, 5) is 23.8. The first-order valence-corrected chi connectivity index (χ1v) is 8.26. The molecule has 1 aliphatic rings. The van der Waals surface area contributed by atoms with Gasteiger partial charge in [-0.25, -0.2) is 4.79 Å². The Kier molecular flexibility index (Phi) is 8.14. The van der Waals surface area contributed by atoms with Gasteiger partial charge in [0.25, 0.3) is 0 Å². The number of unbranched alkanes of at least 4 members (excludes halogenated alkanes) is 1. The number of anilines is 2. The number of aromatic nitrogens is 4. The Labute approximate surface area is 152 Å². The van der Waals surface area contributed by atoms with Crippen molar-refractivity contribution in [1.82, 2.24) is 19.5 Å². The number of H-pyrrole nitrogens is 1. The van der Waals surface area contributed by atoms with Crippen LogP contribution in [0.5, 0.6) is 0 Å². The average Bonchev–Trinajstić information content (AvgIpc) is 2.86. The molecule has 3 rings (SSSR count). The van der Waals surface area contributed by atoms with Gasteiger partial charge in [-0.2, -0.15) is 9.97 Å². The second-order valence-electron chi connectivity index (χ2n) is 6.01.